The van der Waals surface area contributed by atoms with Crippen molar-refractivity contribution in [2.75, 3.05) is 19.6 Å². The number of fused-ring (bicyclic) bond motifs is 1. The summed E-state index contributed by atoms with van der Waals surface area (Å²) < 4.78 is 36.4. The molecule has 2 aliphatic rings. The molecule has 3 nitrogen and oxygen atoms in total. The van der Waals surface area contributed by atoms with Crippen molar-refractivity contribution in [1.82, 2.24) is 4.90 Å². The van der Waals surface area contributed by atoms with Crippen molar-refractivity contribution in [3.8, 4) is 0 Å². The normalized spacial score (nSPS) is 37.7. The molecule has 0 radical (unpaired) electrons. The van der Waals surface area contributed by atoms with Crippen LogP contribution in [0.2, 0.25) is 0 Å². The standard InChI is InChI=1S/C10H16F3NO2/c11-10(12,13)9(16)5-14-3-6-1-2-8(15)7(6)4-14/h6-9,15-16H,1-5H2. The third kappa shape index (κ3) is 2.33. The van der Waals surface area contributed by atoms with Crippen molar-refractivity contribution < 1.29 is 23.4 Å². The maximum Gasteiger partial charge on any atom is 0.415 e. The van der Waals surface area contributed by atoms with Gasteiger partial charge in [-0.1, -0.05) is 0 Å². The number of rotatable bonds is 2. The number of likely N-dealkylation sites (tertiary alicyclic amines) is 1. The summed E-state index contributed by atoms with van der Waals surface area (Å²) in [5.74, 6) is 0.399. The maximum atomic E-state index is 12.1. The number of halogens is 3. The van der Waals surface area contributed by atoms with Crippen LogP contribution < -0.4 is 0 Å². The van der Waals surface area contributed by atoms with Crippen LogP contribution in [0.5, 0.6) is 0 Å². The fourth-order valence-electron chi connectivity index (χ4n) is 2.83. The van der Waals surface area contributed by atoms with E-state index in [0.29, 0.717) is 19.0 Å². The number of nitrogens with zero attached hydrogens (tertiary/aromatic N) is 1. The molecule has 2 rings (SSSR count). The van der Waals surface area contributed by atoms with Crippen LogP contribution in [0.25, 0.3) is 0 Å². The smallest absolute Gasteiger partial charge is 0.393 e. The van der Waals surface area contributed by atoms with Gasteiger partial charge in [0.1, 0.15) is 0 Å². The third-order valence-electron chi connectivity index (χ3n) is 3.70. The molecule has 6 heteroatoms. The van der Waals surface area contributed by atoms with Crippen molar-refractivity contribution in [3.63, 3.8) is 0 Å². The highest BCUT2D eigenvalue weighted by Gasteiger charge is 2.45. The first-order valence-electron chi connectivity index (χ1n) is 5.53. The lowest BCUT2D eigenvalue weighted by Gasteiger charge is -2.22. The van der Waals surface area contributed by atoms with Gasteiger partial charge in [0, 0.05) is 25.6 Å². The van der Waals surface area contributed by atoms with E-state index in [-0.39, 0.29) is 18.6 Å². The molecule has 1 saturated heterocycles. The van der Waals surface area contributed by atoms with E-state index < -0.39 is 12.3 Å². The Hall–Kier alpha value is -0.330. The van der Waals surface area contributed by atoms with E-state index in [1.165, 1.54) is 0 Å². The summed E-state index contributed by atoms with van der Waals surface area (Å²) in [4.78, 5) is 1.61. The van der Waals surface area contributed by atoms with E-state index in [2.05, 4.69) is 0 Å². The molecule has 94 valence electrons. The van der Waals surface area contributed by atoms with Gasteiger partial charge in [0.25, 0.3) is 0 Å². The summed E-state index contributed by atoms with van der Waals surface area (Å²) in [6.07, 6.45) is -5.56. The Balaban J connectivity index is 1.86. The fourth-order valence-corrected chi connectivity index (χ4v) is 2.83. The van der Waals surface area contributed by atoms with Gasteiger partial charge in [-0.25, -0.2) is 0 Å². The molecule has 0 aromatic carbocycles. The Morgan fingerprint density at radius 3 is 2.50 bits per heavy atom. The molecule has 1 saturated carbocycles. The van der Waals surface area contributed by atoms with E-state index in [1.807, 2.05) is 0 Å². The highest BCUT2D eigenvalue weighted by molar-refractivity contribution is 4.94. The second-order valence-corrected chi connectivity index (χ2v) is 4.84. The molecule has 1 heterocycles. The van der Waals surface area contributed by atoms with Crippen LogP contribution in [0.3, 0.4) is 0 Å². The van der Waals surface area contributed by atoms with E-state index in [0.717, 1.165) is 12.8 Å². The van der Waals surface area contributed by atoms with Crippen LogP contribution in [0.15, 0.2) is 0 Å². The van der Waals surface area contributed by atoms with Gasteiger partial charge in [0.15, 0.2) is 6.10 Å². The van der Waals surface area contributed by atoms with Crippen LogP contribution in [-0.2, 0) is 0 Å². The Bertz CT molecular complexity index is 259. The molecular weight excluding hydrogens is 223 g/mol. The molecule has 2 fully saturated rings. The molecule has 0 spiro atoms. The highest BCUT2D eigenvalue weighted by atomic mass is 19.4. The van der Waals surface area contributed by atoms with Gasteiger partial charge in [0.05, 0.1) is 6.10 Å². The number of hydrogen-bond donors (Lipinski definition) is 2. The number of alkyl halides is 3. The second-order valence-electron chi connectivity index (χ2n) is 4.84. The van der Waals surface area contributed by atoms with E-state index in [1.54, 1.807) is 4.90 Å². The minimum atomic E-state index is -4.55. The molecule has 0 bridgehead atoms. The summed E-state index contributed by atoms with van der Waals surface area (Å²) >= 11 is 0. The molecule has 1 aliphatic heterocycles. The predicted octanol–water partition coefficient (Wildman–Crippen LogP) is 0.612. The van der Waals surface area contributed by atoms with Gasteiger partial charge >= 0.3 is 6.18 Å². The zero-order valence-corrected chi connectivity index (χ0v) is 8.82. The van der Waals surface area contributed by atoms with E-state index in [4.69, 9.17) is 5.11 Å². The molecular formula is C10H16F3NO2. The topological polar surface area (TPSA) is 43.7 Å². The van der Waals surface area contributed by atoms with Gasteiger partial charge in [-0.2, -0.15) is 13.2 Å². The number of aliphatic hydroxyl groups excluding tert-OH is 2. The third-order valence-corrected chi connectivity index (χ3v) is 3.70. The lowest BCUT2D eigenvalue weighted by molar-refractivity contribution is -0.207. The van der Waals surface area contributed by atoms with Crippen molar-refractivity contribution in [1.29, 1.82) is 0 Å². The minimum Gasteiger partial charge on any atom is -0.393 e. The minimum absolute atomic E-state index is 0.0976. The molecule has 16 heavy (non-hydrogen) atoms. The lowest BCUT2D eigenvalue weighted by Crippen LogP contribution is -2.40. The largest absolute Gasteiger partial charge is 0.415 e. The Morgan fingerprint density at radius 1 is 1.25 bits per heavy atom. The zero-order valence-electron chi connectivity index (χ0n) is 8.82. The molecule has 2 N–H and O–H groups in total. The highest BCUT2D eigenvalue weighted by Crippen LogP contribution is 2.38. The van der Waals surface area contributed by atoms with Gasteiger partial charge < -0.3 is 10.2 Å². The molecule has 4 unspecified atom stereocenters. The summed E-state index contributed by atoms with van der Waals surface area (Å²) in [5.41, 5.74) is 0. The first-order chi connectivity index (χ1) is 7.38. The molecule has 0 aromatic rings. The zero-order chi connectivity index (χ0) is 11.9. The quantitative estimate of drug-likeness (QED) is 0.742. The number of hydrogen-bond acceptors (Lipinski definition) is 3. The maximum absolute atomic E-state index is 12.1. The van der Waals surface area contributed by atoms with Crippen LogP contribution in [0.4, 0.5) is 13.2 Å². The summed E-state index contributed by atoms with van der Waals surface area (Å²) in [7, 11) is 0. The molecule has 4 atom stereocenters. The molecule has 0 aromatic heterocycles. The van der Waals surface area contributed by atoms with Gasteiger partial charge in [-0.15, -0.1) is 0 Å². The van der Waals surface area contributed by atoms with E-state index >= 15 is 0 Å². The van der Waals surface area contributed by atoms with Gasteiger partial charge in [0.2, 0.25) is 0 Å². The van der Waals surface area contributed by atoms with Crippen LogP contribution in [0.1, 0.15) is 12.8 Å². The second kappa shape index (κ2) is 4.16. The SMILES string of the molecule is OC1CCC2CN(CC(O)C(F)(F)F)CC12. The van der Waals surface area contributed by atoms with Crippen LogP contribution >= 0.6 is 0 Å². The van der Waals surface area contributed by atoms with Crippen molar-refractivity contribution in [2.45, 2.75) is 31.2 Å². The van der Waals surface area contributed by atoms with E-state index in [9.17, 15) is 18.3 Å². The average molecular weight is 239 g/mol. The average Bonchev–Trinajstić information content (AvgIpc) is 2.67. The molecule has 0 amide bonds. The van der Waals surface area contributed by atoms with Crippen molar-refractivity contribution >= 4 is 0 Å². The van der Waals surface area contributed by atoms with Crippen molar-refractivity contribution in [3.05, 3.63) is 0 Å². The molecule has 1 aliphatic carbocycles. The van der Waals surface area contributed by atoms with Crippen LogP contribution in [0, 0.1) is 11.8 Å². The Morgan fingerprint density at radius 2 is 1.94 bits per heavy atom. The lowest BCUT2D eigenvalue weighted by atomic mass is 10.00. The first-order valence-corrected chi connectivity index (χ1v) is 5.53. The van der Waals surface area contributed by atoms with Gasteiger partial charge in [-0.3, -0.25) is 4.90 Å². The summed E-state index contributed by atoms with van der Waals surface area (Å²) in [6.45, 7) is 0.664. The van der Waals surface area contributed by atoms with Crippen LogP contribution in [-0.4, -0.2) is 53.1 Å². The Kier molecular flexibility index (Phi) is 3.16. The van der Waals surface area contributed by atoms with Crippen molar-refractivity contribution in [2.24, 2.45) is 11.8 Å². The fraction of sp³-hybridized carbons (Fsp3) is 1.00. The summed E-state index contributed by atoms with van der Waals surface area (Å²) in [6, 6.07) is 0. The first kappa shape index (κ1) is 12.1. The van der Waals surface area contributed by atoms with Gasteiger partial charge in [-0.05, 0) is 18.8 Å². The number of aliphatic hydroxyl groups is 2. The monoisotopic (exact) mass is 239 g/mol. The predicted molar refractivity (Wildman–Crippen MR) is 50.7 cm³/mol. The summed E-state index contributed by atoms with van der Waals surface area (Å²) in [5, 5.41) is 18.5. The Labute approximate surface area is 91.9 Å². The number of β-amino-alcohol motifs (C(OH)–C–C–N with tert-alkyl or cyclic N) is 1.